The molecule has 1 amide bonds. The number of nitrogens with one attached hydrogen (secondary N) is 1. The van der Waals surface area contributed by atoms with Gasteiger partial charge in [0.2, 0.25) is 0 Å². The van der Waals surface area contributed by atoms with E-state index < -0.39 is 0 Å². The van der Waals surface area contributed by atoms with Crippen molar-refractivity contribution in [2.24, 2.45) is 0 Å². The van der Waals surface area contributed by atoms with E-state index in [-0.39, 0.29) is 5.91 Å². The van der Waals surface area contributed by atoms with Crippen molar-refractivity contribution in [3.05, 3.63) is 125 Å². The third-order valence-electron chi connectivity index (χ3n) is 5.82. The molecular weight excluding hydrogens is 452 g/mol. The Balaban J connectivity index is 1.25. The zero-order chi connectivity index (χ0) is 24.0. The Bertz CT molecular complexity index is 1450. The van der Waals surface area contributed by atoms with Gasteiger partial charge in [0.15, 0.2) is 5.16 Å². The summed E-state index contributed by atoms with van der Waals surface area (Å²) in [4.78, 5) is 21.7. The highest BCUT2D eigenvalue weighted by Crippen LogP contribution is 2.27. The first-order chi connectivity index (χ1) is 17.2. The van der Waals surface area contributed by atoms with E-state index in [2.05, 4.69) is 58.2 Å². The van der Waals surface area contributed by atoms with Gasteiger partial charge in [0.25, 0.3) is 5.91 Å². The Hall–Kier alpha value is -3.90. The number of rotatable bonds is 8. The molecule has 5 aromatic rings. The van der Waals surface area contributed by atoms with E-state index in [0.717, 1.165) is 39.6 Å². The molecule has 0 aliphatic heterocycles. The van der Waals surface area contributed by atoms with E-state index in [1.165, 1.54) is 11.1 Å². The number of fused-ring (bicyclic) bond motifs is 1. The zero-order valence-electron chi connectivity index (χ0n) is 19.5. The van der Waals surface area contributed by atoms with E-state index in [9.17, 15) is 4.79 Å². The van der Waals surface area contributed by atoms with Crippen LogP contribution >= 0.6 is 11.8 Å². The molecule has 6 heteroatoms. The number of aromatic nitrogens is 3. The van der Waals surface area contributed by atoms with Crippen molar-refractivity contribution in [3.63, 3.8) is 0 Å². The van der Waals surface area contributed by atoms with Crippen molar-refractivity contribution in [1.82, 2.24) is 19.9 Å². The molecule has 5 rings (SSSR count). The summed E-state index contributed by atoms with van der Waals surface area (Å²) in [5, 5.41) is 3.96. The second-order valence-electron chi connectivity index (χ2n) is 8.49. The van der Waals surface area contributed by atoms with Crippen molar-refractivity contribution < 1.29 is 4.79 Å². The highest BCUT2D eigenvalue weighted by Gasteiger charge is 2.13. The lowest BCUT2D eigenvalue weighted by Gasteiger charge is -2.10. The van der Waals surface area contributed by atoms with Crippen LogP contribution in [0.1, 0.15) is 32.6 Å². The molecule has 0 atom stereocenters. The minimum Gasteiger partial charge on any atom is -0.348 e. The number of thioether (sulfide) groups is 1. The lowest BCUT2D eigenvalue weighted by molar-refractivity contribution is 0.0951. The molecule has 0 spiro atoms. The fourth-order valence-corrected chi connectivity index (χ4v) is 4.95. The number of pyridine rings is 1. The third-order valence-corrected chi connectivity index (χ3v) is 6.87. The van der Waals surface area contributed by atoms with Crippen LogP contribution in [0.3, 0.4) is 0 Å². The molecule has 0 bridgehead atoms. The molecule has 0 aliphatic rings. The Morgan fingerprint density at radius 1 is 0.914 bits per heavy atom. The molecule has 174 valence electrons. The van der Waals surface area contributed by atoms with Crippen LogP contribution in [0, 0.1) is 6.92 Å². The monoisotopic (exact) mass is 478 g/mol. The SMILES string of the molecule is Cc1cccc(CNC(=O)c2ccc(CSc3nc4ccncc4n3Cc3ccccc3)cc2)c1. The van der Waals surface area contributed by atoms with Crippen molar-refractivity contribution in [3.8, 4) is 0 Å². The van der Waals surface area contributed by atoms with E-state index in [4.69, 9.17) is 4.98 Å². The molecule has 3 aromatic carbocycles. The molecule has 35 heavy (non-hydrogen) atoms. The fourth-order valence-electron chi connectivity index (χ4n) is 3.98. The second kappa shape index (κ2) is 10.6. The fraction of sp³-hybridized carbons (Fsp3) is 0.138. The summed E-state index contributed by atoms with van der Waals surface area (Å²) in [5.74, 6) is 0.694. The summed E-state index contributed by atoms with van der Waals surface area (Å²) < 4.78 is 2.22. The Morgan fingerprint density at radius 2 is 1.71 bits per heavy atom. The van der Waals surface area contributed by atoms with Gasteiger partial charge in [-0.15, -0.1) is 0 Å². The summed E-state index contributed by atoms with van der Waals surface area (Å²) in [5.41, 5.74) is 7.28. The van der Waals surface area contributed by atoms with Gasteiger partial charge in [-0.1, -0.05) is 84.1 Å². The maximum atomic E-state index is 12.6. The minimum atomic E-state index is -0.0668. The average Bonchev–Trinajstić information content (AvgIpc) is 3.24. The molecule has 0 unspecified atom stereocenters. The van der Waals surface area contributed by atoms with E-state index in [0.29, 0.717) is 12.1 Å². The van der Waals surface area contributed by atoms with Crippen LogP contribution in [0.15, 0.2) is 102 Å². The van der Waals surface area contributed by atoms with Gasteiger partial charge in [-0.05, 0) is 41.8 Å². The van der Waals surface area contributed by atoms with Crippen LogP contribution in [0.25, 0.3) is 11.0 Å². The van der Waals surface area contributed by atoms with Gasteiger partial charge in [-0.2, -0.15) is 0 Å². The second-order valence-corrected chi connectivity index (χ2v) is 9.43. The maximum Gasteiger partial charge on any atom is 0.251 e. The normalized spacial score (nSPS) is 11.0. The highest BCUT2D eigenvalue weighted by molar-refractivity contribution is 7.98. The van der Waals surface area contributed by atoms with Crippen LogP contribution in [-0.2, 0) is 18.8 Å². The molecule has 0 radical (unpaired) electrons. The molecular formula is C29H26N4OS. The third kappa shape index (κ3) is 5.61. The molecule has 0 saturated heterocycles. The number of nitrogens with zero attached hydrogens (tertiary/aromatic N) is 3. The zero-order valence-corrected chi connectivity index (χ0v) is 20.3. The number of hydrogen-bond acceptors (Lipinski definition) is 4. The van der Waals surface area contributed by atoms with Gasteiger partial charge in [0, 0.05) is 24.1 Å². The number of benzene rings is 3. The molecule has 0 saturated carbocycles. The first kappa shape index (κ1) is 22.9. The van der Waals surface area contributed by atoms with Crippen LogP contribution in [0.4, 0.5) is 0 Å². The van der Waals surface area contributed by atoms with Crippen LogP contribution in [0.5, 0.6) is 0 Å². The summed E-state index contributed by atoms with van der Waals surface area (Å²) in [6, 6.07) is 28.3. The summed E-state index contributed by atoms with van der Waals surface area (Å²) in [6.45, 7) is 3.31. The number of hydrogen-bond donors (Lipinski definition) is 1. The molecule has 0 aliphatic carbocycles. The summed E-state index contributed by atoms with van der Waals surface area (Å²) in [7, 11) is 0. The van der Waals surface area contributed by atoms with Crippen LogP contribution < -0.4 is 5.32 Å². The highest BCUT2D eigenvalue weighted by atomic mass is 32.2. The number of carbonyl (C=O) groups is 1. The van der Waals surface area contributed by atoms with Crippen LogP contribution in [0.2, 0.25) is 0 Å². The van der Waals surface area contributed by atoms with Crippen molar-refractivity contribution in [2.45, 2.75) is 30.9 Å². The molecule has 0 fully saturated rings. The molecule has 1 N–H and O–H groups in total. The van der Waals surface area contributed by atoms with Crippen molar-refractivity contribution >= 4 is 28.7 Å². The number of carbonyl (C=O) groups excluding carboxylic acids is 1. The topological polar surface area (TPSA) is 59.8 Å². The summed E-state index contributed by atoms with van der Waals surface area (Å²) >= 11 is 1.69. The number of aryl methyl sites for hydroxylation is 1. The van der Waals surface area contributed by atoms with E-state index >= 15 is 0 Å². The van der Waals surface area contributed by atoms with E-state index in [1.54, 1.807) is 18.0 Å². The maximum absolute atomic E-state index is 12.6. The van der Waals surface area contributed by atoms with Crippen LogP contribution in [-0.4, -0.2) is 20.4 Å². The minimum absolute atomic E-state index is 0.0668. The van der Waals surface area contributed by atoms with Gasteiger partial charge in [-0.3, -0.25) is 9.78 Å². The predicted molar refractivity (Wildman–Crippen MR) is 141 cm³/mol. The lowest BCUT2D eigenvalue weighted by atomic mass is 10.1. The smallest absolute Gasteiger partial charge is 0.251 e. The van der Waals surface area contributed by atoms with E-state index in [1.807, 2.05) is 54.7 Å². The van der Waals surface area contributed by atoms with Gasteiger partial charge >= 0.3 is 0 Å². The standard InChI is InChI=1S/C29H26N4OS/c1-21-6-5-9-24(16-21)17-31-28(34)25-12-10-23(11-13-25)20-35-29-32-26-14-15-30-18-27(26)33(29)19-22-7-3-2-4-8-22/h2-16,18H,17,19-20H2,1H3,(H,31,34). The van der Waals surface area contributed by atoms with Gasteiger partial charge in [-0.25, -0.2) is 4.98 Å². The number of imidazole rings is 1. The first-order valence-electron chi connectivity index (χ1n) is 11.6. The predicted octanol–water partition coefficient (Wildman–Crippen LogP) is 6.01. The Labute approximate surface area is 209 Å². The van der Waals surface area contributed by atoms with Gasteiger partial charge in [0.1, 0.15) is 0 Å². The average molecular weight is 479 g/mol. The quantitative estimate of drug-likeness (QED) is 0.278. The Morgan fingerprint density at radius 3 is 2.51 bits per heavy atom. The molecule has 2 heterocycles. The van der Waals surface area contributed by atoms with Gasteiger partial charge in [0.05, 0.1) is 23.8 Å². The molecule has 5 nitrogen and oxygen atoms in total. The van der Waals surface area contributed by atoms with Gasteiger partial charge < -0.3 is 9.88 Å². The largest absolute Gasteiger partial charge is 0.348 e. The molecule has 2 aromatic heterocycles. The lowest BCUT2D eigenvalue weighted by Crippen LogP contribution is -2.22. The van der Waals surface area contributed by atoms with Crippen molar-refractivity contribution in [1.29, 1.82) is 0 Å². The first-order valence-corrected chi connectivity index (χ1v) is 12.5. The Kier molecular flexibility index (Phi) is 6.91. The number of amides is 1. The summed E-state index contributed by atoms with van der Waals surface area (Å²) in [6.07, 6.45) is 3.65. The van der Waals surface area contributed by atoms with Crippen molar-refractivity contribution in [2.75, 3.05) is 0 Å².